The van der Waals surface area contributed by atoms with Gasteiger partial charge in [0.2, 0.25) is 0 Å². The molecule has 1 fully saturated rings. The lowest BCUT2D eigenvalue weighted by atomic mass is 9.87. The van der Waals surface area contributed by atoms with Gasteiger partial charge in [0.25, 0.3) is 0 Å². The maximum absolute atomic E-state index is 3.43. The van der Waals surface area contributed by atoms with E-state index in [4.69, 9.17) is 0 Å². The fraction of sp³-hybridized carbons (Fsp3) is 0.429. The second-order valence-electron chi connectivity index (χ2n) is 4.45. The summed E-state index contributed by atoms with van der Waals surface area (Å²) in [7, 11) is 0. The van der Waals surface area contributed by atoms with Gasteiger partial charge >= 0.3 is 0 Å². The molecular weight excluding hydrogens is 200 g/mol. The molecule has 0 unspecified atom stereocenters. The third-order valence-corrected chi connectivity index (χ3v) is 4.53. The van der Waals surface area contributed by atoms with Gasteiger partial charge in [-0.1, -0.05) is 43.5 Å². The van der Waals surface area contributed by atoms with Crippen molar-refractivity contribution in [3.8, 4) is 0 Å². The van der Waals surface area contributed by atoms with Crippen molar-refractivity contribution < 1.29 is 0 Å². The van der Waals surface area contributed by atoms with E-state index in [1.54, 1.807) is 4.88 Å². The molecule has 1 aromatic carbocycles. The lowest BCUT2D eigenvalue weighted by molar-refractivity contribution is 0.450. The number of thiophene rings is 1. The molecule has 1 saturated carbocycles. The number of fused-ring (bicyclic) bond motifs is 1. The number of benzene rings is 1. The molecule has 1 heterocycles. The molecule has 0 atom stereocenters. The summed E-state index contributed by atoms with van der Waals surface area (Å²) in [5, 5.41) is 6.19. The quantitative estimate of drug-likeness (QED) is 0.644. The molecule has 0 amide bonds. The molecule has 0 spiro atoms. The lowest BCUT2D eigenvalue weighted by Crippen LogP contribution is -2.02. The van der Waals surface area contributed by atoms with Gasteiger partial charge in [0.05, 0.1) is 5.38 Å². The topological polar surface area (TPSA) is 0 Å². The summed E-state index contributed by atoms with van der Waals surface area (Å²) in [4.78, 5) is 1.59. The Morgan fingerprint density at radius 1 is 1.07 bits per heavy atom. The Morgan fingerprint density at radius 2 is 1.87 bits per heavy atom. The lowest BCUT2D eigenvalue weighted by Gasteiger charge is -2.20. The van der Waals surface area contributed by atoms with Crippen molar-refractivity contribution in [3.63, 3.8) is 0 Å². The molecule has 1 aliphatic rings. The fourth-order valence-corrected chi connectivity index (χ4v) is 3.71. The van der Waals surface area contributed by atoms with E-state index in [-0.39, 0.29) is 0 Å². The Kier molecular flexibility index (Phi) is 2.49. The number of rotatable bonds is 1. The first-order chi connectivity index (χ1) is 7.45. The first kappa shape index (κ1) is 9.41. The summed E-state index contributed by atoms with van der Waals surface area (Å²) in [6.07, 6.45) is 7.04. The van der Waals surface area contributed by atoms with Crippen LogP contribution in [0.1, 0.15) is 42.9 Å². The summed E-state index contributed by atoms with van der Waals surface area (Å²) >= 11 is 1.84. The molecule has 15 heavy (non-hydrogen) atoms. The van der Waals surface area contributed by atoms with Crippen molar-refractivity contribution in [1.29, 1.82) is 0 Å². The fourth-order valence-electron chi connectivity index (χ4n) is 2.62. The van der Waals surface area contributed by atoms with Crippen LogP contribution in [0.3, 0.4) is 0 Å². The van der Waals surface area contributed by atoms with Gasteiger partial charge in [-0.3, -0.25) is 0 Å². The predicted molar refractivity (Wildman–Crippen MR) is 66.5 cm³/mol. The van der Waals surface area contributed by atoms with Gasteiger partial charge in [-0.05, 0) is 24.1 Å². The summed E-state index contributed by atoms with van der Waals surface area (Å²) in [6.45, 7) is 0. The van der Waals surface area contributed by atoms with Crippen LogP contribution in [0.25, 0.3) is 10.8 Å². The monoisotopic (exact) mass is 215 g/mol. The smallest absolute Gasteiger partial charge is 0.0530 e. The molecule has 0 N–H and O–H groups in total. The van der Waals surface area contributed by atoms with Crippen molar-refractivity contribution in [2.75, 3.05) is 0 Å². The highest BCUT2D eigenvalue weighted by atomic mass is 32.1. The van der Waals surface area contributed by atoms with Crippen molar-refractivity contribution in [1.82, 2.24) is 0 Å². The van der Waals surface area contributed by atoms with Gasteiger partial charge < -0.3 is 0 Å². The second kappa shape index (κ2) is 3.97. The number of hydrogen-bond acceptors (Lipinski definition) is 1. The van der Waals surface area contributed by atoms with Gasteiger partial charge in [-0.25, -0.2) is 0 Å². The molecule has 0 nitrogen and oxygen atoms in total. The Morgan fingerprint density at radius 3 is 2.73 bits per heavy atom. The van der Waals surface area contributed by atoms with Crippen molar-refractivity contribution in [2.24, 2.45) is 0 Å². The van der Waals surface area contributed by atoms with E-state index in [1.807, 2.05) is 11.3 Å². The van der Waals surface area contributed by atoms with Crippen molar-refractivity contribution in [3.05, 3.63) is 34.5 Å². The molecule has 2 aromatic rings. The van der Waals surface area contributed by atoms with Gasteiger partial charge in [0.15, 0.2) is 0 Å². The highest BCUT2D eigenvalue weighted by Gasteiger charge is 2.18. The molecule has 1 radical (unpaired) electrons. The molecule has 0 aliphatic heterocycles. The molecule has 0 saturated heterocycles. The van der Waals surface area contributed by atoms with E-state index in [2.05, 4.69) is 29.6 Å². The minimum atomic E-state index is 0.819. The Hall–Kier alpha value is -0.820. The summed E-state index contributed by atoms with van der Waals surface area (Å²) in [6, 6.07) is 8.69. The molecule has 0 bridgehead atoms. The van der Waals surface area contributed by atoms with E-state index in [0.29, 0.717) is 0 Å². The maximum atomic E-state index is 3.43. The molecule has 3 rings (SSSR count). The van der Waals surface area contributed by atoms with Crippen LogP contribution in [-0.2, 0) is 0 Å². The summed E-state index contributed by atoms with van der Waals surface area (Å²) < 4.78 is 0. The Balaban J connectivity index is 2.02. The molecule has 1 heteroatoms. The molecular formula is C14H15S. The standard InChI is InChI=1S/C14H15S/c1-2-6-11(7-3-1)14-13-9-5-4-8-12(13)10-15-14/h4-5,8-9,11H,1-3,6-7H2. The van der Waals surface area contributed by atoms with Crippen LogP contribution in [0.2, 0.25) is 0 Å². The first-order valence-electron chi connectivity index (χ1n) is 5.84. The average Bonchev–Trinajstić information content (AvgIpc) is 2.74. The third-order valence-electron chi connectivity index (χ3n) is 3.44. The maximum Gasteiger partial charge on any atom is 0.0530 e. The Bertz CT molecular complexity index is 449. The second-order valence-corrected chi connectivity index (χ2v) is 5.30. The van der Waals surface area contributed by atoms with Crippen LogP contribution >= 0.6 is 11.3 Å². The normalized spacial score (nSPS) is 18.4. The first-order valence-corrected chi connectivity index (χ1v) is 6.66. The predicted octanol–water partition coefficient (Wildman–Crippen LogP) is 4.75. The minimum Gasteiger partial charge on any atom is -0.138 e. The average molecular weight is 215 g/mol. The largest absolute Gasteiger partial charge is 0.138 e. The van der Waals surface area contributed by atoms with Gasteiger partial charge in [0, 0.05) is 10.3 Å². The highest BCUT2D eigenvalue weighted by molar-refractivity contribution is 7.11. The van der Waals surface area contributed by atoms with Crippen LogP contribution in [0.4, 0.5) is 0 Å². The number of hydrogen-bond donors (Lipinski definition) is 0. The van der Waals surface area contributed by atoms with Crippen LogP contribution in [-0.4, -0.2) is 0 Å². The van der Waals surface area contributed by atoms with Gasteiger partial charge in [0.1, 0.15) is 0 Å². The van der Waals surface area contributed by atoms with Crippen LogP contribution in [0.5, 0.6) is 0 Å². The zero-order valence-corrected chi connectivity index (χ0v) is 9.65. The minimum absolute atomic E-state index is 0.819. The van der Waals surface area contributed by atoms with Crippen LogP contribution in [0, 0.1) is 5.38 Å². The van der Waals surface area contributed by atoms with Crippen LogP contribution < -0.4 is 0 Å². The van der Waals surface area contributed by atoms with Gasteiger partial charge in [-0.15, -0.1) is 11.3 Å². The van der Waals surface area contributed by atoms with Gasteiger partial charge in [-0.2, -0.15) is 0 Å². The van der Waals surface area contributed by atoms with E-state index in [9.17, 15) is 0 Å². The van der Waals surface area contributed by atoms with E-state index >= 15 is 0 Å². The SMILES string of the molecule is [c]1sc(C2CCCCC2)c2ccccc12. The zero-order valence-electron chi connectivity index (χ0n) is 8.83. The van der Waals surface area contributed by atoms with Crippen LogP contribution in [0.15, 0.2) is 24.3 Å². The third kappa shape index (κ3) is 1.69. The Labute approximate surface area is 94.9 Å². The summed E-state index contributed by atoms with van der Waals surface area (Å²) in [5.74, 6) is 0.819. The highest BCUT2D eigenvalue weighted by Crippen LogP contribution is 2.39. The van der Waals surface area contributed by atoms with Crippen molar-refractivity contribution in [2.45, 2.75) is 38.0 Å². The van der Waals surface area contributed by atoms with E-state index < -0.39 is 0 Å². The molecule has 77 valence electrons. The zero-order chi connectivity index (χ0) is 10.1. The van der Waals surface area contributed by atoms with Crippen molar-refractivity contribution >= 4 is 22.1 Å². The van der Waals surface area contributed by atoms with E-state index in [0.717, 1.165) is 5.92 Å². The summed E-state index contributed by atoms with van der Waals surface area (Å²) in [5.41, 5.74) is 0. The molecule has 1 aromatic heterocycles. The molecule has 1 aliphatic carbocycles. The van der Waals surface area contributed by atoms with E-state index in [1.165, 1.54) is 42.9 Å².